The van der Waals surface area contributed by atoms with E-state index in [1.807, 2.05) is 0 Å². The number of carbonyl (C=O) groups excluding carboxylic acids is 1. The lowest BCUT2D eigenvalue weighted by Crippen LogP contribution is -2.13. The average molecular weight is 328 g/mol. The van der Waals surface area contributed by atoms with Gasteiger partial charge in [-0.05, 0) is 37.3 Å². The number of halogens is 1. The topological polar surface area (TPSA) is 75.3 Å². The van der Waals surface area contributed by atoms with Gasteiger partial charge in [0.15, 0.2) is 0 Å². The van der Waals surface area contributed by atoms with Gasteiger partial charge >= 0.3 is 0 Å². The lowest BCUT2D eigenvalue weighted by Gasteiger charge is -2.09. The number of nitrogens with one attached hydrogen (secondary N) is 2. The van der Waals surface area contributed by atoms with Gasteiger partial charge in [0.05, 0.1) is 11.4 Å². The summed E-state index contributed by atoms with van der Waals surface area (Å²) in [5.41, 5.74) is 0.0938. The zero-order valence-electron chi connectivity index (χ0n) is 11.3. The van der Waals surface area contributed by atoms with E-state index in [-0.39, 0.29) is 15.6 Å². The molecular weight excluding hydrogens is 315 g/mol. The van der Waals surface area contributed by atoms with E-state index in [4.69, 9.17) is 0 Å². The van der Waals surface area contributed by atoms with Crippen molar-refractivity contribution < 1.29 is 17.6 Å². The monoisotopic (exact) mass is 328 g/mol. The van der Waals surface area contributed by atoms with Gasteiger partial charge in [-0.25, -0.2) is 12.8 Å². The number of benzene rings is 1. The maximum absolute atomic E-state index is 13.5. The maximum Gasteiger partial charge on any atom is 0.271 e. The van der Waals surface area contributed by atoms with Gasteiger partial charge in [0, 0.05) is 11.8 Å². The fourth-order valence-corrected chi connectivity index (χ4v) is 3.97. The van der Waals surface area contributed by atoms with Crippen molar-refractivity contribution in [2.45, 2.75) is 18.1 Å². The highest BCUT2D eigenvalue weighted by molar-refractivity contribution is 7.94. The summed E-state index contributed by atoms with van der Waals surface area (Å²) in [6.45, 7) is 3.04. The average Bonchev–Trinajstić information content (AvgIpc) is 2.80. The van der Waals surface area contributed by atoms with Gasteiger partial charge in [-0.3, -0.25) is 9.52 Å². The molecule has 1 heterocycles. The minimum Gasteiger partial charge on any atom is -0.324 e. The van der Waals surface area contributed by atoms with Crippen LogP contribution in [0.1, 0.15) is 11.8 Å². The molecule has 0 spiro atoms. The van der Waals surface area contributed by atoms with E-state index in [0.717, 1.165) is 22.3 Å². The number of amides is 1. The Bertz CT molecular complexity index is 784. The van der Waals surface area contributed by atoms with E-state index in [0.29, 0.717) is 0 Å². The third-order valence-electron chi connectivity index (χ3n) is 2.51. The molecule has 1 amide bonds. The normalized spacial score (nSPS) is 11.2. The summed E-state index contributed by atoms with van der Waals surface area (Å²) in [6, 6.07) is 6.81. The Hall–Kier alpha value is -1.93. The molecule has 0 unspecified atom stereocenters. The summed E-state index contributed by atoms with van der Waals surface area (Å²) < 4.78 is 40.3. The second-order valence-corrected chi connectivity index (χ2v) is 7.54. The number of hydrogen-bond donors (Lipinski definition) is 2. The summed E-state index contributed by atoms with van der Waals surface area (Å²) in [4.78, 5) is 11.8. The van der Waals surface area contributed by atoms with Crippen LogP contribution in [-0.2, 0) is 14.8 Å². The predicted molar refractivity (Wildman–Crippen MR) is 80.6 cm³/mol. The summed E-state index contributed by atoms with van der Waals surface area (Å²) in [5.74, 6) is -1.08. The zero-order valence-corrected chi connectivity index (χ0v) is 12.9. The smallest absolute Gasteiger partial charge is 0.271 e. The van der Waals surface area contributed by atoms with Crippen LogP contribution in [0.2, 0.25) is 0 Å². The molecule has 1 aromatic heterocycles. The van der Waals surface area contributed by atoms with Gasteiger partial charge in [0.1, 0.15) is 10.0 Å². The van der Waals surface area contributed by atoms with Crippen molar-refractivity contribution in [3.63, 3.8) is 0 Å². The number of thiophene rings is 1. The Morgan fingerprint density at radius 1 is 1.24 bits per heavy atom. The summed E-state index contributed by atoms with van der Waals surface area (Å²) in [7, 11) is -3.72. The summed E-state index contributed by atoms with van der Waals surface area (Å²) in [6.07, 6.45) is 0. The van der Waals surface area contributed by atoms with Crippen LogP contribution in [-0.4, -0.2) is 14.3 Å². The van der Waals surface area contributed by atoms with E-state index in [9.17, 15) is 17.6 Å². The Labute approximate surface area is 125 Å². The largest absolute Gasteiger partial charge is 0.324 e. The van der Waals surface area contributed by atoms with Crippen LogP contribution in [0.15, 0.2) is 34.5 Å². The minimum atomic E-state index is -3.72. The molecular formula is C13H13FN2O3S2. The first kappa shape index (κ1) is 15.5. The van der Waals surface area contributed by atoms with Crippen molar-refractivity contribution in [2.24, 2.45) is 0 Å². The number of rotatable bonds is 4. The summed E-state index contributed by atoms with van der Waals surface area (Å²) in [5, 5.41) is 2.30. The van der Waals surface area contributed by atoms with E-state index in [1.165, 1.54) is 25.1 Å². The Morgan fingerprint density at radius 3 is 2.52 bits per heavy atom. The molecule has 0 aliphatic rings. The Morgan fingerprint density at radius 2 is 1.95 bits per heavy atom. The molecule has 0 radical (unpaired) electrons. The fourth-order valence-electron chi connectivity index (χ4n) is 1.64. The molecule has 0 atom stereocenters. The van der Waals surface area contributed by atoms with Crippen LogP contribution in [0.4, 0.5) is 15.8 Å². The van der Waals surface area contributed by atoms with Crippen molar-refractivity contribution in [3.8, 4) is 0 Å². The van der Waals surface area contributed by atoms with Crippen molar-refractivity contribution in [2.75, 3.05) is 10.0 Å². The molecule has 2 N–H and O–H groups in total. The molecule has 0 bridgehead atoms. The molecule has 2 aromatic rings. The van der Waals surface area contributed by atoms with Crippen LogP contribution in [0, 0.1) is 12.7 Å². The predicted octanol–water partition coefficient (Wildman–Crippen LogP) is 2.95. The maximum atomic E-state index is 13.5. The van der Waals surface area contributed by atoms with Crippen LogP contribution in [0.25, 0.3) is 0 Å². The molecule has 0 saturated heterocycles. The van der Waals surface area contributed by atoms with Crippen molar-refractivity contribution in [1.82, 2.24) is 0 Å². The molecule has 112 valence electrons. The first-order valence-corrected chi connectivity index (χ1v) is 8.24. The van der Waals surface area contributed by atoms with E-state index < -0.39 is 21.7 Å². The number of anilines is 2. The second kappa shape index (κ2) is 5.82. The molecule has 8 heteroatoms. The molecule has 0 fully saturated rings. The van der Waals surface area contributed by atoms with Gasteiger partial charge < -0.3 is 5.32 Å². The minimum absolute atomic E-state index is 0.0786. The number of hydrogen-bond acceptors (Lipinski definition) is 4. The van der Waals surface area contributed by atoms with Crippen molar-refractivity contribution in [1.29, 1.82) is 0 Å². The first-order chi connectivity index (χ1) is 9.78. The molecule has 2 rings (SSSR count). The van der Waals surface area contributed by atoms with Crippen molar-refractivity contribution in [3.05, 3.63) is 41.0 Å². The highest BCUT2D eigenvalue weighted by Crippen LogP contribution is 2.25. The van der Waals surface area contributed by atoms with E-state index in [1.54, 1.807) is 13.0 Å². The summed E-state index contributed by atoms with van der Waals surface area (Å²) >= 11 is 1.14. The number of carbonyl (C=O) groups is 1. The molecule has 1 aromatic carbocycles. The van der Waals surface area contributed by atoms with Crippen LogP contribution in [0.5, 0.6) is 0 Å². The molecule has 5 nitrogen and oxygen atoms in total. The number of sulfonamides is 1. The lowest BCUT2D eigenvalue weighted by molar-refractivity contribution is -0.114. The lowest BCUT2D eigenvalue weighted by atomic mass is 10.2. The van der Waals surface area contributed by atoms with E-state index in [2.05, 4.69) is 10.0 Å². The van der Waals surface area contributed by atoms with Crippen LogP contribution >= 0.6 is 11.3 Å². The number of aryl methyl sites for hydroxylation is 1. The highest BCUT2D eigenvalue weighted by Gasteiger charge is 2.17. The molecule has 0 aliphatic carbocycles. The second-order valence-electron chi connectivity index (χ2n) is 4.35. The fraction of sp³-hybridized carbons (Fsp3) is 0.154. The Kier molecular flexibility index (Phi) is 4.29. The van der Waals surface area contributed by atoms with Gasteiger partial charge in [-0.2, -0.15) is 0 Å². The molecule has 0 aliphatic heterocycles. The highest BCUT2D eigenvalue weighted by atomic mass is 32.2. The van der Waals surface area contributed by atoms with Crippen LogP contribution in [0.3, 0.4) is 0 Å². The third kappa shape index (κ3) is 3.79. The van der Waals surface area contributed by atoms with Gasteiger partial charge in [0.25, 0.3) is 10.0 Å². The molecule has 0 saturated carbocycles. The first-order valence-electron chi connectivity index (χ1n) is 5.94. The molecule has 21 heavy (non-hydrogen) atoms. The Balaban J connectivity index is 2.29. The van der Waals surface area contributed by atoms with Gasteiger partial charge in [0.2, 0.25) is 5.91 Å². The van der Waals surface area contributed by atoms with Crippen molar-refractivity contribution >= 4 is 38.6 Å². The quantitative estimate of drug-likeness (QED) is 0.906. The van der Waals surface area contributed by atoms with Gasteiger partial charge in [-0.1, -0.05) is 0 Å². The zero-order chi connectivity index (χ0) is 15.6. The van der Waals surface area contributed by atoms with Crippen LogP contribution < -0.4 is 10.0 Å². The van der Waals surface area contributed by atoms with E-state index >= 15 is 0 Å². The third-order valence-corrected chi connectivity index (χ3v) is 5.38. The SMILES string of the molecule is CC(=O)Nc1cc(NS(=O)(=O)c2ccc(C)s2)ccc1F. The standard InChI is InChI=1S/C13H13FN2O3S2/c1-8-3-6-13(20-8)21(18,19)16-10-4-5-11(14)12(7-10)15-9(2)17/h3-7,16H,1-2H3,(H,15,17). The van der Waals surface area contributed by atoms with Gasteiger partial charge in [-0.15, -0.1) is 11.3 Å².